The van der Waals surface area contributed by atoms with Gasteiger partial charge in [-0.3, -0.25) is 0 Å². The Balaban J connectivity index is -0.000000138. The van der Waals surface area contributed by atoms with Crippen molar-refractivity contribution in [1.82, 2.24) is 5.32 Å². The summed E-state index contributed by atoms with van der Waals surface area (Å²) in [6.45, 7) is 15.1. The normalized spacial score (nSPS) is 8.57. The van der Waals surface area contributed by atoms with Crippen molar-refractivity contribution in [2.75, 3.05) is 19.7 Å². The molecule has 0 aliphatic heterocycles. The Morgan fingerprint density at radius 2 is 1.43 bits per heavy atom. The molecule has 0 aliphatic rings. The van der Waals surface area contributed by atoms with Crippen molar-refractivity contribution < 1.29 is 5.11 Å². The number of hydrogen-bond acceptors (Lipinski definition) is 2. The molecule has 0 unspecified atom stereocenters. The molecule has 0 heterocycles. The topological polar surface area (TPSA) is 32.3 Å². The second-order valence-corrected chi connectivity index (χ2v) is 3.47. The van der Waals surface area contributed by atoms with Crippen molar-refractivity contribution >= 4 is 0 Å². The fraction of sp³-hybridized carbons (Fsp3) is 1.00. The van der Waals surface area contributed by atoms with Crippen molar-refractivity contribution in [3.8, 4) is 0 Å². The lowest BCUT2D eigenvalue weighted by Gasteiger charge is -1.91. The zero-order valence-corrected chi connectivity index (χ0v) is 11.1. The van der Waals surface area contributed by atoms with E-state index in [1.807, 2.05) is 0 Å². The van der Waals surface area contributed by atoms with Crippen LogP contribution in [0.2, 0.25) is 0 Å². The van der Waals surface area contributed by atoms with Crippen molar-refractivity contribution in [1.29, 1.82) is 0 Å². The molecule has 2 heteroatoms. The molecular formula is C12H31NO. The summed E-state index contributed by atoms with van der Waals surface area (Å²) in [6.07, 6.45) is 2.55. The maximum Gasteiger partial charge on any atom is 0.0402 e. The standard InChI is InChI=1S/C5H13N.C5H12.C2H6O/c1-3-5-6-4-2;1-4-5(2)3;1-2-3/h6H,3-5H2,1-2H3;5H,4H2,1-3H3;3H,2H2,1H3. The van der Waals surface area contributed by atoms with E-state index in [9.17, 15) is 0 Å². The van der Waals surface area contributed by atoms with Gasteiger partial charge < -0.3 is 10.4 Å². The summed E-state index contributed by atoms with van der Waals surface area (Å²) in [5, 5.41) is 10.8. The van der Waals surface area contributed by atoms with Gasteiger partial charge in [-0.15, -0.1) is 0 Å². The van der Waals surface area contributed by atoms with Crippen LogP contribution in [0.5, 0.6) is 0 Å². The summed E-state index contributed by atoms with van der Waals surface area (Å²) in [5.74, 6) is 0.884. The minimum Gasteiger partial charge on any atom is -0.397 e. The van der Waals surface area contributed by atoms with E-state index in [0.29, 0.717) is 0 Å². The molecule has 0 rings (SSSR count). The molecule has 0 amide bonds. The van der Waals surface area contributed by atoms with Crippen LogP contribution < -0.4 is 5.32 Å². The van der Waals surface area contributed by atoms with E-state index in [4.69, 9.17) is 5.11 Å². The Morgan fingerprint density at radius 1 is 1.07 bits per heavy atom. The highest BCUT2D eigenvalue weighted by atomic mass is 16.2. The van der Waals surface area contributed by atoms with Gasteiger partial charge in [-0.1, -0.05) is 41.0 Å². The molecule has 0 saturated heterocycles. The highest BCUT2D eigenvalue weighted by Crippen LogP contribution is 1.93. The van der Waals surface area contributed by atoms with Crippen LogP contribution in [0, 0.1) is 5.92 Å². The maximum absolute atomic E-state index is 7.57. The third kappa shape index (κ3) is 58.7. The molecule has 2 nitrogen and oxygen atoms in total. The predicted octanol–water partition coefficient (Wildman–Crippen LogP) is 3.06. The number of nitrogens with one attached hydrogen (secondary N) is 1. The van der Waals surface area contributed by atoms with E-state index in [1.165, 1.54) is 12.8 Å². The Labute approximate surface area is 91.1 Å². The van der Waals surface area contributed by atoms with Crippen molar-refractivity contribution in [3.05, 3.63) is 0 Å². The first-order chi connectivity index (χ1) is 6.60. The summed E-state index contributed by atoms with van der Waals surface area (Å²) in [6, 6.07) is 0. The summed E-state index contributed by atoms with van der Waals surface area (Å²) in [5.41, 5.74) is 0. The molecule has 2 N–H and O–H groups in total. The lowest BCUT2D eigenvalue weighted by Crippen LogP contribution is -2.12. The average molecular weight is 205 g/mol. The number of aliphatic hydroxyl groups is 1. The van der Waals surface area contributed by atoms with Gasteiger partial charge in [-0.05, 0) is 32.4 Å². The molecule has 14 heavy (non-hydrogen) atoms. The van der Waals surface area contributed by atoms with Gasteiger partial charge in [-0.2, -0.15) is 0 Å². The van der Waals surface area contributed by atoms with Gasteiger partial charge in [0.05, 0.1) is 0 Å². The van der Waals surface area contributed by atoms with Crippen LogP contribution >= 0.6 is 0 Å². The van der Waals surface area contributed by atoms with E-state index >= 15 is 0 Å². The summed E-state index contributed by atoms with van der Waals surface area (Å²) in [7, 11) is 0. The van der Waals surface area contributed by atoms with Gasteiger partial charge in [-0.25, -0.2) is 0 Å². The first-order valence-corrected chi connectivity index (χ1v) is 5.91. The van der Waals surface area contributed by atoms with Gasteiger partial charge in [0.2, 0.25) is 0 Å². The second-order valence-electron chi connectivity index (χ2n) is 3.47. The Bertz CT molecular complexity index is 61.3. The van der Waals surface area contributed by atoms with Gasteiger partial charge >= 0.3 is 0 Å². The van der Waals surface area contributed by atoms with Crippen molar-refractivity contribution in [3.63, 3.8) is 0 Å². The van der Waals surface area contributed by atoms with E-state index in [1.54, 1.807) is 6.92 Å². The Kier molecular flexibility index (Phi) is 32.1. The third-order valence-electron chi connectivity index (χ3n) is 1.49. The summed E-state index contributed by atoms with van der Waals surface area (Å²) >= 11 is 0. The van der Waals surface area contributed by atoms with Crippen LogP contribution in [-0.2, 0) is 0 Å². The van der Waals surface area contributed by atoms with Gasteiger partial charge in [0, 0.05) is 6.61 Å². The second kappa shape index (κ2) is 23.1. The maximum atomic E-state index is 7.57. The number of hydrogen-bond donors (Lipinski definition) is 2. The fourth-order valence-corrected chi connectivity index (χ4v) is 0.354. The van der Waals surface area contributed by atoms with E-state index in [-0.39, 0.29) is 6.61 Å². The quantitative estimate of drug-likeness (QED) is 0.691. The number of rotatable bonds is 4. The molecule has 0 bridgehead atoms. The summed E-state index contributed by atoms with van der Waals surface area (Å²) < 4.78 is 0. The molecule has 0 fully saturated rings. The highest BCUT2D eigenvalue weighted by molar-refractivity contribution is 4.35. The van der Waals surface area contributed by atoms with Crippen LogP contribution in [0.15, 0.2) is 0 Å². The minimum absolute atomic E-state index is 0.250. The first kappa shape index (κ1) is 19.5. The molecule has 0 radical (unpaired) electrons. The van der Waals surface area contributed by atoms with E-state index in [2.05, 4.69) is 39.9 Å². The van der Waals surface area contributed by atoms with E-state index < -0.39 is 0 Å². The first-order valence-electron chi connectivity index (χ1n) is 5.91. The zero-order chi connectivity index (χ0) is 11.8. The molecule has 0 aromatic heterocycles. The molecule has 0 aromatic carbocycles. The van der Waals surface area contributed by atoms with Crippen LogP contribution in [0.4, 0.5) is 0 Å². The lowest BCUT2D eigenvalue weighted by molar-refractivity contribution is 0.318. The van der Waals surface area contributed by atoms with Crippen molar-refractivity contribution in [2.45, 2.75) is 54.4 Å². The number of aliphatic hydroxyl groups excluding tert-OH is 1. The van der Waals surface area contributed by atoms with Crippen LogP contribution in [0.1, 0.15) is 54.4 Å². The predicted molar refractivity (Wildman–Crippen MR) is 66.7 cm³/mol. The largest absolute Gasteiger partial charge is 0.397 e. The fourth-order valence-electron chi connectivity index (χ4n) is 0.354. The van der Waals surface area contributed by atoms with Gasteiger partial charge in [0.25, 0.3) is 0 Å². The molecule has 0 spiro atoms. The lowest BCUT2D eigenvalue weighted by atomic mass is 10.2. The third-order valence-corrected chi connectivity index (χ3v) is 1.49. The Hall–Kier alpha value is -0.0800. The molecule has 0 atom stereocenters. The molecule has 0 aliphatic carbocycles. The molecule has 0 aromatic rings. The highest BCUT2D eigenvalue weighted by Gasteiger charge is 1.80. The molecule has 90 valence electrons. The SMILES string of the molecule is CCC(C)C.CCCNCC.CCO. The Morgan fingerprint density at radius 3 is 1.50 bits per heavy atom. The molecule has 0 saturated carbocycles. The molecular weight excluding hydrogens is 174 g/mol. The minimum atomic E-state index is 0.250. The van der Waals surface area contributed by atoms with Gasteiger partial charge in [0.15, 0.2) is 0 Å². The van der Waals surface area contributed by atoms with E-state index in [0.717, 1.165) is 19.0 Å². The summed E-state index contributed by atoms with van der Waals surface area (Å²) in [4.78, 5) is 0. The van der Waals surface area contributed by atoms with Crippen LogP contribution in [-0.4, -0.2) is 24.8 Å². The van der Waals surface area contributed by atoms with Crippen molar-refractivity contribution in [2.24, 2.45) is 5.92 Å². The zero-order valence-electron chi connectivity index (χ0n) is 11.1. The van der Waals surface area contributed by atoms with Gasteiger partial charge in [0.1, 0.15) is 0 Å². The smallest absolute Gasteiger partial charge is 0.0402 e. The van der Waals surface area contributed by atoms with Crippen LogP contribution in [0.25, 0.3) is 0 Å². The van der Waals surface area contributed by atoms with Crippen LogP contribution in [0.3, 0.4) is 0 Å². The monoisotopic (exact) mass is 205 g/mol. The average Bonchev–Trinajstić information content (AvgIpc) is 2.17.